The Kier molecular flexibility index (Phi) is 3.79. The fourth-order valence-electron chi connectivity index (χ4n) is 3.93. The molecule has 3 fully saturated rings. The van der Waals surface area contributed by atoms with E-state index in [1.54, 1.807) is 19.1 Å². The van der Waals surface area contributed by atoms with E-state index >= 15 is 0 Å². The van der Waals surface area contributed by atoms with Crippen LogP contribution in [0.25, 0.3) is 0 Å². The average molecular weight is 331 g/mol. The molecule has 0 aromatic heterocycles. The van der Waals surface area contributed by atoms with Crippen molar-refractivity contribution in [1.29, 1.82) is 0 Å². The number of amides is 1. The smallest absolute Gasteiger partial charge is 0.267 e. The van der Waals surface area contributed by atoms with Crippen LogP contribution in [0.2, 0.25) is 0 Å². The van der Waals surface area contributed by atoms with Gasteiger partial charge in [-0.15, -0.1) is 0 Å². The first-order chi connectivity index (χ1) is 11.5. The third-order valence-corrected chi connectivity index (χ3v) is 5.47. The number of hydrogen-bond donors (Lipinski definition) is 1. The van der Waals surface area contributed by atoms with Gasteiger partial charge in [0.1, 0.15) is 5.82 Å². The number of carbonyl (C=O) groups is 1. The molecule has 128 valence electrons. The standard InChI is InChI=1S/C18H22FN3O2/c1-18(10-15(21-24-18)13-3-2-4-14(19)9-13)17(23)20-16-11-22-7-5-12(16)6-8-22/h2-4,9,12,16H,5-8,10-11H2,1H3,(H,20,23). The van der Waals surface area contributed by atoms with Crippen molar-refractivity contribution in [3.63, 3.8) is 0 Å². The number of rotatable bonds is 3. The van der Waals surface area contributed by atoms with E-state index in [2.05, 4.69) is 15.4 Å². The summed E-state index contributed by atoms with van der Waals surface area (Å²) in [6.07, 6.45) is 2.64. The van der Waals surface area contributed by atoms with Crippen molar-refractivity contribution in [2.24, 2.45) is 11.1 Å². The second kappa shape index (κ2) is 5.84. The highest BCUT2D eigenvalue weighted by molar-refractivity contribution is 6.05. The SMILES string of the molecule is CC1(C(=O)NC2CN3CCC2CC3)CC(c2cccc(F)c2)=NO1. The Bertz CT molecular complexity index is 685. The maximum atomic E-state index is 13.4. The van der Waals surface area contributed by atoms with E-state index in [-0.39, 0.29) is 17.8 Å². The van der Waals surface area contributed by atoms with Gasteiger partial charge in [0, 0.05) is 24.6 Å². The number of carbonyl (C=O) groups excluding carboxylic acids is 1. The normalized spacial score (nSPS) is 34.6. The first-order valence-electron chi connectivity index (χ1n) is 8.58. The average Bonchev–Trinajstić information content (AvgIpc) is 3.00. The number of benzene rings is 1. The summed E-state index contributed by atoms with van der Waals surface area (Å²) < 4.78 is 13.4. The Morgan fingerprint density at radius 2 is 2.21 bits per heavy atom. The molecule has 1 aromatic rings. The van der Waals surface area contributed by atoms with Crippen LogP contribution in [-0.4, -0.2) is 47.8 Å². The second-order valence-electron chi connectivity index (χ2n) is 7.27. The number of fused-ring (bicyclic) bond motifs is 3. The third kappa shape index (κ3) is 2.79. The Balaban J connectivity index is 1.42. The van der Waals surface area contributed by atoms with Crippen LogP contribution in [-0.2, 0) is 9.63 Å². The van der Waals surface area contributed by atoms with Gasteiger partial charge in [0.25, 0.3) is 5.91 Å². The summed E-state index contributed by atoms with van der Waals surface area (Å²) in [5.41, 5.74) is 0.253. The van der Waals surface area contributed by atoms with Crippen LogP contribution in [0.4, 0.5) is 4.39 Å². The van der Waals surface area contributed by atoms with Crippen molar-refractivity contribution in [2.75, 3.05) is 19.6 Å². The summed E-state index contributed by atoms with van der Waals surface area (Å²) >= 11 is 0. The summed E-state index contributed by atoms with van der Waals surface area (Å²) in [7, 11) is 0. The van der Waals surface area contributed by atoms with Crippen LogP contribution in [0.3, 0.4) is 0 Å². The van der Waals surface area contributed by atoms with Crippen molar-refractivity contribution in [2.45, 2.75) is 37.8 Å². The molecule has 0 aliphatic carbocycles. The largest absolute Gasteiger partial charge is 0.379 e. The molecule has 3 saturated heterocycles. The molecule has 1 N–H and O–H groups in total. The zero-order chi connectivity index (χ0) is 16.7. The van der Waals surface area contributed by atoms with E-state index in [0.29, 0.717) is 23.6 Å². The fourth-order valence-corrected chi connectivity index (χ4v) is 3.93. The molecule has 5 nitrogen and oxygen atoms in total. The lowest BCUT2D eigenvalue weighted by Crippen LogP contribution is -2.60. The Morgan fingerprint density at radius 3 is 2.88 bits per heavy atom. The minimum atomic E-state index is -1.02. The van der Waals surface area contributed by atoms with Gasteiger partial charge in [-0.25, -0.2) is 4.39 Å². The van der Waals surface area contributed by atoms with E-state index < -0.39 is 5.60 Å². The summed E-state index contributed by atoms with van der Waals surface area (Å²) in [6, 6.07) is 6.41. The molecular formula is C18H22FN3O2. The van der Waals surface area contributed by atoms with E-state index in [1.165, 1.54) is 12.1 Å². The lowest BCUT2D eigenvalue weighted by atomic mass is 9.83. The van der Waals surface area contributed by atoms with Crippen LogP contribution in [0.1, 0.15) is 31.7 Å². The molecule has 2 atom stereocenters. The van der Waals surface area contributed by atoms with Crippen molar-refractivity contribution in [3.05, 3.63) is 35.6 Å². The van der Waals surface area contributed by atoms with Gasteiger partial charge in [0.15, 0.2) is 0 Å². The van der Waals surface area contributed by atoms with Crippen LogP contribution >= 0.6 is 0 Å². The Morgan fingerprint density at radius 1 is 1.42 bits per heavy atom. The van der Waals surface area contributed by atoms with Crippen LogP contribution in [0, 0.1) is 11.7 Å². The highest BCUT2D eigenvalue weighted by Crippen LogP contribution is 2.30. The maximum absolute atomic E-state index is 13.4. The Labute approximate surface area is 140 Å². The summed E-state index contributed by atoms with van der Waals surface area (Å²) in [5.74, 6) is 0.115. The lowest BCUT2D eigenvalue weighted by molar-refractivity contribution is -0.143. The van der Waals surface area contributed by atoms with Gasteiger partial charge in [-0.3, -0.25) is 4.79 Å². The molecular weight excluding hydrogens is 309 g/mol. The quantitative estimate of drug-likeness (QED) is 0.921. The van der Waals surface area contributed by atoms with Crippen LogP contribution in [0.5, 0.6) is 0 Å². The number of piperidine rings is 3. The van der Waals surface area contributed by atoms with E-state index in [1.807, 2.05) is 0 Å². The predicted molar refractivity (Wildman–Crippen MR) is 88.1 cm³/mol. The number of halogens is 1. The predicted octanol–water partition coefficient (Wildman–Crippen LogP) is 1.92. The maximum Gasteiger partial charge on any atom is 0.267 e. The van der Waals surface area contributed by atoms with Crippen LogP contribution < -0.4 is 5.32 Å². The minimum Gasteiger partial charge on any atom is -0.379 e. The topological polar surface area (TPSA) is 53.9 Å². The zero-order valence-corrected chi connectivity index (χ0v) is 13.8. The third-order valence-electron chi connectivity index (χ3n) is 5.47. The molecule has 4 heterocycles. The van der Waals surface area contributed by atoms with Gasteiger partial charge >= 0.3 is 0 Å². The zero-order valence-electron chi connectivity index (χ0n) is 13.8. The lowest BCUT2D eigenvalue weighted by Gasteiger charge is -2.45. The summed E-state index contributed by atoms with van der Waals surface area (Å²) in [6.45, 7) is 4.94. The summed E-state index contributed by atoms with van der Waals surface area (Å²) in [5, 5.41) is 7.20. The molecule has 4 aliphatic heterocycles. The van der Waals surface area contributed by atoms with Crippen molar-refractivity contribution >= 4 is 11.6 Å². The van der Waals surface area contributed by atoms with E-state index in [9.17, 15) is 9.18 Å². The molecule has 2 bridgehead atoms. The molecule has 0 spiro atoms. The Hall–Kier alpha value is -1.95. The number of hydrogen-bond acceptors (Lipinski definition) is 4. The highest BCUT2D eigenvalue weighted by atomic mass is 19.1. The number of nitrogens with zero attached hydrogens (tertiary/aromatic N) is 2. The van der Waals surface area contributed by atoms with Crippen LogP contribution in [0.15, 0.2) is 29.4 Å². The van der Waals surface area contributed by atoms with Crippen molar-refractivity contribution in [1.82, 2.24) is 10.2 Å². The summed E-state index contributed by atoms with van der Waals surface area (Å²) in [4.78, 5) is 20.6. The molecule has 2 unspecified atom stereocenters. The first kappa shape index (κ1) is 15.6. The van der Waals surface area contributed by atoms with Gasteiger partial charge < -0.3 is 15.1 Å². The molecule has 0 saturated carbocycles. The van der Waals surface area contributed by atoms with Crippen molar-refractivity contribution in [3.8, 4) is 0 Å². The second-order valence-corrected chi connectivity index (χ2v) is 7.27. The number of nitrogens with one attached hydrogen (secondary N) is 1. The molecule has 4 aliphatic rings. The molecule has 0 radical (unpaired) electrons. The van der Waals surface area contributed by atoms with Gasteiger partial charge in [0.05, 0.1) is 5.71 Å². The van der Waals surface area contributed by atoms with E-state index in [4.69, 9.17) is 4.84 Å². The van der Waals surface area contributed by atoms with Gasteiger partial charge in [-0.1, -0.05) is 17.3 Å². The van der Waals surface area contributed by atoms with Gasteiger partial charge in [0.2, 0.25) is 5.60 Å². The van der Waals surface area contributed by atoms with Crippen molar-refractivity contribution < 1.29 is 14.0 Å². The molecule has 24 heavy (non-hydrogen) atoms. The number of oxime groups is 1. The first-order valence-corrected chi connectivity index (χ1v) is 8.58. The van der Waals surface area contributed by atoms with E-state index in [0.717, 1.165) is 32.5 Å². The molecule has 1 aromatic carbocycles. The molecule has 1 amide bonds. The molecule has 5 rings (SSSR count). The molecule has 6 heteroatoms. The van der Waals surface area contributed by atoms with Gasteiger partial charge in [-0.2, -0.15) is 0 Å². The van der Waals surface area contributed by atoms with Gasteiger partial charge in [-0.05, 0) is 50.9 Å². The minimum absolute atomic E-state index is 0.128. The fraction of sp³-hybridized carbons (Fsp3) is 0.556. The highest BCUT2D eigenvalue weighted by Gasteiger charge is 2.45. The monoisotopic (exact) mass is 331 g/mol.